The molecule has 0 spiro atoms. The molecule has 2 rings (SSSR count). The average molecular weight is 311 g/mol. The van der Waals surface area contributed by atoms with Crippen molar-refractivity contribution in [2.45, 2.75) is 6.54 Å². The average Bonchev–Trinajstić information content (AvgIpc) is 2.36. The van der Waals surface area contributed by atoms with E-state index in [1.165, 1.54) is 12.1 Å². The second kappa shape index (κ2) is 5.82. The fraction of sp³-hybridized carbons (Fsp3) is 0.154. The molecule has 18 heavy (non-hydrogen) atoms. The first kappa shape index (κ1) is 12.8. The highest BCUT2D eigenvalue weighted by Crippen LogP contribution is 2.19. The van der Waals surface area contributed by atoms with E-state index in [0.717, 1.165) is 5.69 Å². The van der Waals surface area contributed by atoms with Gasteiger partial charge in [-0.15, -0.1) is 0 Å². The highest BCUT2D eigenvalue weighted by atomic mass is 79.9. The van der Waals surface area contributed by atoms with Crippen molar-refractivity contribution in [1.29, 1.82) is 0 Å². The normalized spacial score (nSPS) is 10.3. The number of nitrogens with zero attached hydrogens (tertiary/aromatic N) is 1. The molecule has 1 heterocycles. The molecule has 0 aliphatic carbocycles. The number of hydrogen-bond donors (Lipinski definition) is 1. The Labute approximate surface area is 112 Å². The smallest absolute Gasteiger partial charge is 0.250 e. The summed E-state index contributed by atoms with van der Waals surface area (Å²) in [5, 5.41) is 3.13. The maximum atomic E-state index is 13.0. The molecular weight excluding hydrogens is 299 g/mol. The molecule has 1 N–H and O–H groups in total. The molecule has 94 valence electrons. The lowest BCUT2D eigenvalue weighted by Crippen LogP contribution is -2.21. The zero-order chi connectivity index (χ0) is 13.0. The van der Waals surface area contributed by atoms with Gasteiger partial charge >= 0.3 is 0 Å². The second-order valence-electron chi connectivity index (χ2n) is 3.79. The van der Waals surface area contributed by atoms with E-state index < -0.39 is 0 Å². The third-order valence-corrected chi connectivity index (χ3v) is 3.11. The molecule has 5 heteroatoms. The number of aromatic nitrogens is 1. The minimum atomic E-state index is -0.292. The Hall–Kier alpha value is -1.62. The van der Waals surface area contributed by atoms with Crippen LogP contribution < -0.4 is 10.9 Å². The Morgan fingerprint density at radius 3 is 2.83 bits per heavy atom. The van der Waals surface area contributed by atoms with E-state index in [1.54, 1.807) is 29.0 Å². The highest BCUT2D eigenvalue weighted by molar-refractivity contribution is 9.10. The summed E-state index contributed by atoms with van der Waals surface area (Å²) in [6.07, 6.45) is 1.74. The van der Waals surface area contributed by atoms with E-state index in [0.29, 0.717) is 17.6 Å². The standard InChI is InChI=1S/C13H12BrFN2O/c14-11-9-10(4-5-12(11)15)16-6-8-17-7-2-1-3-13(17)18/h1-5,7,9,16H,6,8H2. The van der Waals surface area contributed by atoms with Crippen molar-refractivity contribution < 1.29 is 4.39 Å². The molecule has 1 aromatic heterocycles. The Balaban J connectivity index is 1.95. The van der Waals surface area contributed by atoms with Crippen LogP contribution >= 0.6 is 15.9 Å². The molecule has 3 nitrogen and oxygen atoms in total. The van der Waals surface area contributed by atoms with Crippen LogP contribution in [0.4, 0.5) is 10.1 Å². The number of pyridine rings is 1. The van der Waals surface area contributed by atoms with Gasteiger partial charge in [-0.25, -0.2) is 4.39 Å². The molecular formula is C13H12BrFN2O. The number of hydrogen-bond acceptors (Lipinski definition) is 2. The number of anilines is 1. The van der Waals surface area contributed by atoms with E-state index >= 15 is 0 Å². The summed E-state index contributed by atoms with van der Waals surface area (Å²) in [7, 11) is 0. The Kier molecular flexibility index (Phi) is 4.15. The third kappa shape index (κ3) is 3.20. The third-order valence-electron chi connectivity index (χ3n) is 2.50. The van der Waals surface area contributed by atoms with Crippen LogP contribution in [0, 0.1) is 5.82 Å². The van der Waals surface area contributed by atoms with Crippen molar-refractivity contribution in [3.63, 3.8) is 0 Å². The molecule has 0 aliphatic rings. The van der Waals surface area contributed by atoms with Crippen LogP contribution in [-0.2, 0) is 6.54 Å². The number of benzene rings is 1. The van der Waals surface area contributed by atoms with E-state index in [2.05, 4.69) is 21.2 Å². The van der Waals surface area contributed by atoms with Crippen LogP contribution in [0.1, 0.15) is 0 Å². The Morgan fingerprint density at radius 2 is 2.11 bits per heavy atom. The van der Waals surface area contributed by atoms with E-state index in [9.17, 15) is 9.18 Å². The summed E-state index contributed by atoms with van der Waals surface area (Å²) >= 11 is 3.12. The van der Waals surface area contributed by atoms with Gasteiger partial charge in [-0.2, -0.15) is 0 Å². The van der Waals surface area contributed by atoms with Crippen molar-refractivity contribution >= 4 is 21.6 Å². The minimum Gasteiger partial charge on any atom is -0.383 e. The first-order valence-corrected chi connectivity index (χ1v) is 6.30. The molecule has 0 unspecified atom stereocenters. The van der Waals surface area contributed by atoms with Gasteiger partial charge in [-0.1, -0.05) is 6.07 Å². The SMILES string of the molecule is O=c1ccccn1CCNc1ccc(F)c(Br)c1. The summed E-state index contributed by atoms with van der Waals surface area (Å²) in [5.74, 6) is -0.292. The van der Waals surface area contributed by atoms with Crippen LogP contribution in [0.3, 0.4) is 0 Å². The number of halogens is 2. The van der Waals surface area contributed by atoms with Crippen molar-refractivity contribution in [2.75, 3.05) is 11.9 Å². The molecule has 0 bridgehead atoms. The summed E-state index contributed by atoms with van der Waals surface area (Å²) in [6.45, 7) is 1.16. The molecule has 1 aromatic carbocycles. The van der Waals surface area contributed by atoms with Gasteiger partial charge in [-0.05, 0) is 40.2 Å². The van der Waals surface area contributed by atoms with Crippen molar-refractivity contribution in [3.05, 3.63) is 63.2 Å². The van der Waals surface area contributed by atoms with Crippen LogP contribution in [0.15, 0.2) is 51.9 Å². The lowest BCUT2D eigenvalue weighted by Gasteiger charge is -2.08. The zero-order valence-corrected chi connectivity index (χ0v) is 11.2. The van der Waals surface area contributed by atoms with Crippen LogP contribution in [0.5, 0.6) is 0 Å². The fourth-order valence-electron chi connectivity index (χ4n) is 1.57. The molecule has 0 radical (unpaired) electrons. The summed E-state index contributed by atoms with van der Waals surface area (Å²) in [5.41, 5.74) is 0.784. The molecule has 0 atom stereocenters. The predicted octanol–water partition coefficient (Wildman–Crippen LogP) is 2.86. The largest absolute Gasteiger partial charge is 0.383 e. The maximum Gasteiger partial charge on any atom is 0.250 e. The van der Waals surface area contributed by atoms with Gasteiger partial charge in [0.25, 0.3) is 5.56 Å². The Morgan fingerprint density at radius 1 is 1.28 bits per heavy atom. The van der Waals surface area contributed by atoms with Gasteiger partial charge < -0.3 is 9.88 Å². The van der Waals surface area contributed by atoms with Crippen LogP contribution in [0.2, 0.25) is 0 Å². The monoisotopic (exact) mass is 310 g/mol. The molecule has 0 saturated carbocycles. The molecule has 0 amide bonds. The van der Waals surface area contributed by atoms with Gasteiger partial charge in [0.1, 0.15) is 5.82 Å². The number of rotatable bonds is 4. The quantitative estimate of drug-likeness (QED) is 0.942. The van der Waals surface area contributed by atoms with Crippen molar-refractivity contribution in [3.8, 4) is 0 Å². The predicted molar refractivity (Wildman–Crippen MR) is 73.3 cm³/mol. The Bertz CT molecular complexity index is 598. The first-order chi connectivity index (χ1) is 8.66. The summed E-state index contributed by atoms with van der Waals surface area (Å²) in [4.78, 5) is 11.4. The zero-order valence-electron chi connectivity index (χ0n) is 9.57. The van der Waals surface area contributed by atoms with E-state index in [-0.39, 0.29) is 11.4 Å². The van der Waals surface area contributed by atoms with Gasteiger partial charge in [0, 0.05) is 31.0 Å². The summed E-state index contributed by atoms with van der Waals surface area (Å²) < 4.78 is 15.1. The van der Waals surface area contributed by atoms with E-state index in [4.69, 9.17) is 0 Å². The highest BCUT2D eigenvalue weighted by Gasteiger charge is 2.00. The molecule has 2 aromatic rings. The van der Waals surface area contributed by atoms with Gasteiger partial charge in [0.05, 0.1) is 4.47 Å². The number of nitrogens with one attached hydrogen (secondary N) is 1. The topological polar surface area (TPSA) is 34.0 Å². The van der Waals surface area contributed by atoms with Crippen LogP contribution in [-0.4, -0.2) is 11.1 Å². The molecule has 0 aliphatic heterocycles. The van der Waals surface area contributed by atoms with Gasteiger partial charge in [0.15, 0.2) is 0 Å². The maximum absolute atomic E-state index is 13.0. The van der Waals surface area contributed by atoms with Crippen molar-refractivity contribution in [1.82, 2.24) is 4.57 Å². The molecule has 0 saturated heterocycles. The lowest BCUT2D eigenvalue weighted by atomic mass is 10.3. The van der Waals surface area contributed by atoms with Gasteiger partial charge in [-0.3, -0.25) is 4.79 Å². The molecule has 0 fully saturated rings. The second-order valence-corrected chi connectivity index (χ2v) is 4.64. The minimum absolute atomic E-state index is 0.0282. The van der Waals surface area contributed by atoms with Gasteiger partial charge in [0.2, 0.25) is 0 Å². The lowest BCUT2D eigenvalue weighted by molar-refractivity contribution is 0.621. The van der Waals surface area contributed by atoms with Crippen LogP contribution in [0.25, 0.3) is 0 Å². The summed E-state index contributed by atoms with van der Waals surface area (Å²) in [6, 6.07) is 9.77. The first-order valence-electron chi connectivity index (χ1n) is 5.51. The van der Waals surface area contributed by atoms with E-state index in [1.807, 2.05) is 6.07 Å². The fourth-order valence-corrected chi connectivity index (χ4v) is 1.95. The van der Waals surface area contributed by atoms with Crippen molar-refractivity contribution in [2.24, 2.45) is 0 Å².